The Hall–Kier alpha value is -2.09. The second-order valence-electron chi connectivity index (χ2n) is 7.99. The van der Waals surface area contributed by atoms with E-state index in [0.29, 0.717) is 43.5 Å². The van der Waals surface area contributed by atoms with E-state index in [9.17, 15) is 13.2 Å². The van der Waals surface area contributed by atoms with Gasteiger partial charge in [-0.3, -0.25) is 4.79 Å². The lowest BCUT2D eigenvalue weighted by Crippen LogP contribution is -2.45. The Balaban J connectivity index is 1.52. The summed E-state index contributed by atoms with van der Waals surface area (Å²) in [6.45, 7) is 5.52. The Labute approximate surface area is 189 Å². The van der Waals surface area contributed by atoms with Crippen LogP contribution in [0.2, 0.25) is 5.02 Å². The van der Waals surface area contributed by atoms with Crippen molar-refractivity contribution in [3.05, 3.63) is 59.1 Å². The van der Waals surface area contributed by atoms with Gasteiger partial charge in [0.15, 0.2) is 0 Å². The van der Waals surface area contributed by atoms with Crippen molar-refractivity contribution in [2.24, 2.45) is 5.92 Å². The smallest absolute Gasteiger partial charge is 0.243 e. The first-order valence-electron chi connectivity index (χ1n) is 10.5. The van der Waals surface area contributed by atoms with E-state index in [0.717, 1.165) is 11.3 Å². The topological polar surface area (TPSA) is 75.7 Å². The molecule has 6 nitrogen and oxygen atoms in total. The Morgan fingerprint density at radius 3 is 2.61 bits per heavy atom. The van der Waals surface area contributed by atoms with E-state index in [2.05, 4.69) is 19.2 Å². The van der Waals surface area contributed by atoms with Gasteiger partial charge in [0, 0.05) is 18.1 Å². The third-order valence-electron chi connectivity index (χ3n) is 5.41. The van der Waals surface area contributed by atoms with Crippen LogP contribution in [-0.2, 0) is 14.8 Å². The molecule has 1 unspecified atom stereocenters. The molecule has 1 N–H and O–H groups in total. The van der Waals surface area contributed by atoms with Gasteiger partial charge in [0.05, 0.1) is 17.4 Å². The quantitative estimate of drug-likeness (QED) is 0.598. The molecule has 1 aliphatic rings. The number of carbonyl (C=O) groups excluding carboxylic acids is 1. The molecule has 1 atom stereocenters. The van der Waals surface area contributed by atoms with E-state index < -0.39 is 10.0 Å². The minimum Gasteiger partial charge on any atom is -0.491 e. The monoisotopic (exact) mass is 464 g/mol. The van der Waals surface area contributed by atoms with Gasteiger partial charge in [0.1, 0.15) is 12.4 Å². The molecule has 0 aromatic heterocycles. The largest absolute Gasteiger partial charge is 0.491 e. The number of piperidine rings is 1. The maximum atomic E-state index is 12.9. The highest BCUT2D eigenvalue weighted by Crippen LogP contribution is 2.26. The number of nitrogens with one attached hydrogen (secondary N) is 1. The highest BCUT2D eigenvalue weighted by Gasteiger charge is 2.33. The van der Waals surface area contributed by atoms with Crippen LogP contribution in [0.3, 0.4) is 0 Å². The molecule has 1 heterocycles. The highest BCUT2D eigenvalue weighted by molar-refractivity contribution is 7.89. The van der Waals surface area contributed by atoms with Gasteiger partial charge in [-0.1, -0.05) is 43.6 Å². The molecule has 1 fully saturated rings. The van der Waals surface area contributed by atoms with Crippen LogP contribution in [0.25, 0.3) is 0 Å². The number of ether oxygens (including phenoxy) is 1. The van der Waals surface area contributed by atoms with E-state index in [1.807, 2.05) is 24.3 Å². The normalized spacial score (nSPS) is 17.5. The molecule has 0 saturated carbocycles. The van der Waals surface area contributed by atoms with Crippen LogP contribution in [0.5, 0.6) is 5.75 Å². The molecular formula is C23H29ClN2O4S. The average molecular weight is 465 g/mol. The van der Waals surface area contributed by atoms with Crippen molar-refractivity contribution in [2.75, 3.05) is 26.2 Å². The first kappa shape index (κ1) is 23.6. The lowest BCUT2D eigenvalue weighted by Gasteiger charge is -2.31. The van der Waals surface area contributed by atoms with Crippen molar-refractivity contribution >= 4 is 27.5 Å². The fourth-order valence-corrected chi connectivity index (χ4v) is 5.35. The van der Waals surface area contributed by atoms with Crippen molar-refractivity contribution in [2.45, 2.75) is 37.5 Å². The molecule has 1 aliphatic heterocycles. The molecule has 0 radical (unpaired) electrons. The number of hydrogen-bond acceptors (Lipinski definition) is 4. The van der Waals surface area contributed by atoms with E-state index in [1.165, 1.54) is 16.4 Å². The first-order chi connectivity index (χ1) is 14.8. The average Bonchev–Trinajstić information content (AvgIpc) is 2.77. The number of hydrogen-bond donors (Lipinski definition) is 1. The first-order valence-corrected chi connectivity index (χ1v) is 12.4. The predicted molar refractivity (Wildman–Crippen MR) is 122 cm³/mol. The van der Waals surface area contributed by atoms with Crippen LogP contribution in [0.1, 0.15) is 38.2 Å². The number of carbonyl (C=O) groups is 1. The van der Waals surface area contributed by atoms with Gasteiger partial charge in [0.2, 0.25) is 15.9 Å². The van der Waals surface area contributed by atoms with Gasteiger partial charge >= 0.3 is 0 Å². The summed E-state index contributed by atoms with van der Waals surface area (Å²) in [6, 6.07) is 14.0. The van der Waals surface area contributed by atoms with Gasteiger partial charge < -0.3 is 10.1 Å². The van der Waals surface area contributed by atoms with E-state index in [-0.39, 0.29) is 23.3 Å². The zero-order valence-electron chi connectivity index (χ0n) is 17.9. The summed E-state index contributed by atoms with van der Waals surface area (Å²) < 4.78 is 33.0. The second kappa shape index (κ2) is 10.5. The number of benzene rings is 2. The lowest BCUT2D eigenvalue weighted by molar-refractivity contribution is -0.126. The predicted octanol–water partition coefficient (Wildman–Crippen LogP) is 4.06. The Kier molecular flexibility index (Phi) is 7.97. The maximum Gasteiger partial charge on any atom is 0.243 e. The van der Waals surface area contributed by atoms with Crippen LogP contribution in [-0.4, -0.2) is 44.9 Å². The standard InChI is InChI=1S/C23H29ClN2O4S/c1-17(2)21-7-3-4-8-22(21)30-15-13-25-23(27)18-6-5-14-26(16-18)31(28,29)20-11-9-19(24)10-12-20/h3-4,7-12,17-18H,5-6,13-16H2,1-2H3,(H,25,27). The van der Waals surface area contributed by atoms with Crippen molar-refractivity contribution in [1.82, 2.24) is 9.62 Å². The maximum absolute atomic E-state index is 12.9. The molecular weight excluding hydrogens is 436 g/mol. The van der Waals surface area contributed by atoms with Crippen LogP contribution in [0.15, 0.2) is 53.4 Å². The summed E-state index contributed by atoms with van der Waals surface area (Å²) in [7, 11) is -3.65. The summed E-state index contributed by atoms with van der Waals surface area (Å²) in [6.07, 6.45) is 1.30. The van der Waals surface area contributed by atoms with Gasteiger partial charge in [-0.25, -0.2) is 8.42 Å². The third-order valence-corrected chi connectivity index (χ3v) is 7.54. The SMILES string of the molecule is CC(C)c1ccccc1OCCNC(=O)C1CCCN(S(=O)(=O)c2ccc(Cl)cc2)C1. The van der Waals surface area contributed by atoms with Crippen LogP contribution in [0.4, 0.5) is 0 Å². The summed E-state index contributed by atoms with van der Waals surface area (Å²) in [5.74, 6) is 0.654. The fourth-order valence-electron chi connectivity index (χ4n) is 3.70. The van der Waals surface area contributed by atoms with E-state index >= 15 is 0 Å². The van der Waals surface area contributed by atoms with E-state index in [1.54, 1.807) is 12.1 Å². The Morgan fingerprint density at radius 2 is 1.90 bits per heavy atom. The molecule has 2 aromatic rings. The van der Waals surface area contributed by atoms with Crippen molar-refractivity contribution in [1.29, 1.82) is 0 Å². The van der Waals surface area contributed by atoms with Crippen LogP contribution < -0.4 is 10.1 Å². The molecule has 168 valence electrons. The number of halogens is 1. The number of rotatable bonds is 8. The van der Waals surface area contributed by atoms with Crippen molar-refractivity contribution in [3.8, 4) is 5.75 Å². The minimum absolute atomic E-state index is 0.142. The van der Waals surface area contributed by atoms with Crippen molar-refractivity contribution in [3.63, 3.8) is 0 Å². The molecule has 0 bridgehead atoms. The van der Waals surface area contributed by atoms with Crippen LogP contribution >= 0.6 is 11.6 Å². The summed E-state index contributed by atoms with van der Waals surface area (Å²) in [5.41, 5.74) is 1.13. The molecule has 8 heteroatoms. The molecule has 0 spiro atoms. The Morgan fingerprint density at radius 1 is 1.19 bits per heavy atom. The van der Waals surface area contributed by atoms with Gasteiger partial charge in [-0.15, -0.1) is 0 Å². The van der Waals surface area contributed by atoms with Gasteiger partial charge in [-0.2, -0.15) is 4.31 Å². The summed E-state index contributed by atoms with van der Waals surface area (Å²) in [5, 5.41) is 3.37. The van der Waals surface area contributed by atoms with Gasteiger partial charge in [0.25, 0.3) is 0 Å². The number of amides is 1. The molecule has 1 saturated heterocycles. The zero-order valence-corrected chi connectivity index (χ0v) is 19.5. The molecule has 3 rings (SSSR count). The summed E-state index contributed by atoms with van der Waals surface area (Å²) in [4.78, 5) is 12.8. The number of nitrogens with zero attached hydrogens (tertiary/aromatic N) is 1. The highest BCUT2D eigenvalue weighted by atomic mass is 35.5. The zero-order chi connectivity index (χ0) is 22.4. The van der Waals surface area contributed by atoms with Crippen LogP contribution in [0, 0.1) is 5.92 Å². The van der Waals surface area contributed by atoms with E-state index in [4.69, 9.17) is 16.3 Å². The fraction of sp³-hybridized carbons (Fsp3) is 0.435. The minimum atomic E-state index is -3.65. The molecule has 0 aliphatic carbocycles. The second-order valence-corrected chi connectivity index (χ2v) is 10.4. The summed E-state index contributed by atoms with van der Waals surface area (Å²) >= 11 is 5.86. The lowest BCUT2D eigenvalue weighted by atomic mass is 9.99. The van der Waals surface area contributed by atoms with Crippen molar-refractivity contribution < 1.29 is 17.9 Å². The molecule has 31 heavy (non-hydrogen) atoms. The number of sulfonamides is 1. The Bertz CT molecular complexity index is 993. The molecule has 1 amide bonds. The van der Waals surface area contributed by atoms with Gasteiger partial charge in [-0.05, 0) is 54.7 Å². The molecule has 2 aromatic carbocycles. The third kappa shape index (κ3) is 5.99. The number of para-hydroxylation sites is 1.